The van der Waals surface area contributed by atoms with E-state index >= 15 is 0 Å². The molecule has 1 aliphatic carbocycles. The Morgan fingerprint density at radius 2 is 2.15 bits per heavy atom. The normalized spacial score (nSPS) is 32.1. The molecule has 0 radical (unpaired) electrons. The van der Waals surface area contributed by atoms with Crippen molar-refractivity contribution in [1.82, 2.24) is 0 Å². The molecule has 3 nitrogen and oxygen atoms in total. The van der Waals surface area contributed by atoms with E-state index in [-0.39, 0.29) is 29.5 Å². The maximum Gasteiger partial charge on any atom is 0.303 e. The van der Waals surface area contributed by atoms with Crippen LogP contribution in [0, 0.1) is 17.3 Å². The van der Waals surface area contributed by atoms with Crippen LogP contribution in [0.1, 0.15) is 33.6 Å². The second-order valence-corrected chi connectivity index (χ2v) is 4.51. The molecule has 0 amide bonds. The van der Waals surface area contributed by atoms with Gasteiger partial charge < -0.3 is 5.11 Å². The molecule has 0 aliphatic heterocycles. The highest BCUT2D eigenvalue weighted by Gasteiger charge is 2.46. The molecule has 74 valence electrons. The summed E-state index contributed by atoms with van der Waals surface area (Å²) in [5.41, 5.74) is -0.157. The minimum Gasteiger partial charge on any atom is -0.481 e. The third-order valence-electron chi connectivity index (χ3n) is 3.52. The number of hydrogen-bond acceptors (Lipinski definition) is 2. The lowest BCUT2D eigenvalue weighted by Crippen LogP contribution is -2.26. The summed E-state index contributed by atoms with van der Waals surface area (Å²) in [5, 5.41) is 8.67. The van der Waals surface area contributed by atoms with E-state index in [2.05, 4.69) is 0 Å². The Kier molecular flexibility index (Phi) is 2.46. The van der Waals surface area contributed by atoms with Gasteiger partial charge in [-0.05, 0) is 11.3 Å². The highest BCUT2D eigenvalue weighted by atomic mass is 16.4. The lowest BCUT2D eigenvalue weighted by Gasteiger charge is -2.28. The maximum atomic E-state index is 11.4. The Morgan fingerprint density at radius 1 is 1.62 bits per heavy atom. The molecule has 3 heteroatoms. The van der Waals surface area contributed by atoms with Crippen molar-refractivity contribution >= 4 is 11.8 Å². The van der Waals surface area contributed by atoms with Crippen molar-refractivity contribution in [3.05, 3.63) is 0 Å². The van der Waals surface area contributed by atoms with Crippen molar-refractivity contribution in [1.29, 1.82) is 0 Å². The molecular weight excluding hydrogens is 168 g/mol. The predicted octanol–water partition coefficient (Wildman–Crippen LogP) is 1.71. The van der Waals surface area contributed by atoms with Crippen LogP contribution in [-0.4, -0.2) is 16.9 Å². The third-order valence-corrected chi connectivity index (χ3v) is 3.52. The average molecular weight is 184 g/mol. The summed E-state index contributed by atoms with van der Waals surface area (Å²) in [6, 6.07) is 0. The zero-order valence-corrected chi connectivity index (χ0v) is 8.33. The highest BCUT2D eigenvalue weighted by Crippen LogP contribution is 2.46. The highest BCUT2D eigenvalue weighted by molar-refractivity contribution is 5.85. The van der Waals surface area contributed by atoms with Gasteiger partial charge in [0.1, 0.15) is 5.78 Å². The van der Waals surface area contributed by atoms with Gasteiger partial charge in [0.2, 0.25) is 0 Å². The summed E-state index contributed by atoms with van der Waals surface area (Å²) in [4.78, 5) is 21.9. The van der Waals surface area contributed by atoms with Gasteiger partial charge in [0, 0.05) is 18.8 Å². The van der Waals surface area contributed by atoms with E-state index in [9.17, 15) is 9.59 Å². The average Bonchev–Trinajstić information content (AvgIpc) is 2.15. The first-order valence-electron chi connectivity index (χ1n) is 4.60. The molecule has 1 N–H and O–H groups in total. The number of carbonyl (C=O) groups is 2. The molecular formula is C10H16O3. The van der Waals surface area contributed by atoms with Crippen LogP contribution in [0.15, 0.2) is 0 Å². The monoisotopic (exact) mass is 184 g/mol. The van der Waals surface area contributed by atoms with Crippen LogP contribution >= 0.6 is 0 Å². The van der Waals surface area contributed by atoms with E-state index in [1.165, 1.54) is 0 Å². The van der Waals surface area contributed by atoms with Crippen LogP contribution in [-0.2, 0) is 9.59 Å². The van der Waals surface area contributed by atoms with E-state index in [1.807, 2.05) is 20.8 Å². The number of carboxylic acids is 1. The molecule has 0 unspecified atom stereocenters. The number of carboxylic acid groups (broad SMARTS) is 1. The van der Waals surface area contributed by atoms with Crippen molar-refractivity contribution in [3.63, 3.8) is 0 Å². The molecule has 0 spiro atoms. The summed E-state index contributed by atoms with van der Waals surface area (Å²) < 4.78 is 0. The Balaban J connectivity index is 2.78. The second-order valence-electron chi connectivity index (χ2n) is 4.51. The van der Waals surface area contributed by atoms with Gasteiger partial charge in [-0.1, -0.05) is 20.8 Å². The van der Waals surface area contributed by atoms with E-state index in [4.69, 9.17) is 5.11 Å². The molecule has 13 heavy (non-hydrogen) atoms. The molecule has 2 atom stereocenters. The molecule has 1 aliphatic rings. The molecule has 0 aromatic rings. The van der Waals surface area contributed by atoms with E-state index < -0.39 is 5.97 Å². The zero-order valence-electron chi connectivity index (χ0n) is 8.33. The van der Waals surface area contributed by atoms with Gasteiger partial charge in [-0.2, -0.15) is 0 Å². The number of rotatable bonds is 2. The Morgan fingerprint density at radius 3 is 2.46 bits per heavy atom. The van der Waals surface area contributed by atoms with Crippen LogP contribution in [0.5, 0.6) is 0 Å². The van der Waals surface area contributed by atoms with Crippen LogP contribution in [0.3, 0.4) is 0 Å². The van der Waals surface area contributed by atoms with Crippen molar-refractivity contribution in [2.75, 3.05) is 0 Å². The number of Topliss-reactive ketones (excluding diaryl/α,β-unsaturated/α-hetero) is 1. The smallest absolute Gasteiger partial charge is 0.303 e. The van der Waals surface area contributed by atoms with E-state index in [1.54, 1.807) is 0 Å². The Hall–Kier alpha value is -0.860. The van der Waals surface area contributed by atoms with Crippen LogP contribution in [0.4, 0.5) is 0 Å². The first-order chi connectivity index (χ1) is 5.85. The molecule has 0 aromatic carbocycles. The largest absolute Gasteiger partial charge is 0.481 e. The predicted molar refractivity (Wildman–Crippen MR) is 48.3 cm³/mol. The Labute approximate surface area is 78.1 Å². The summed E-state index contributed by atoms with van der Waals surface area (Å²) >= 11 is 0. The summed E-state index contributed by atoms with van der Waals surface area (Å²) in [6.45, 7) is 5.86. The van der Waals surface area contributed by atoms with Gasteiger partial charge in [-0.15, -0.1) is 0 Å². The molecule has 0 saturated heterocycles. The molecule has 0 aromatic heterocycles. The summed E-state index contributed by atoms with van der Waals surface area (Å²) in [7, 11) is 0. The number of ketones is 1. The second kappa shape index (κ2) is 3.13. The molecule has 1 fully saturated rings. The third kappa shape index (κ3) is 1.74. The first kappa shape index (κ1) is 10.2. The van der Waals surface area contributed by atoms with Crippen LogP contribution in [0.25, 0.3) is 0 Å². The van der Waals surface area contributed by atoms with Gasteiger partial charge in [-0.25, -0.2) is 0 Å². The van der Waals surface area contributed by atoms with Crippen molar-refractivity contribution in [3.8, 4) is 0 Å². The van der Waals surface area contributed by atoms with Crippen molar-refractivity contribution in [2.45, 2.75) is 33.6 Å². The Bertz CT molecular complexity index is 241. The fourth-order valence-corrected chi connectivity index (χ4v) is 2.00. The van der Waals surface area contributed by atoms with E-state index in [0.717, 1.165) is 0 Å². The maximum absolute atomic E-state index is 11.4. The van der Waals surface area contributed by atoms with Gasteiger partial charge in [0.05, 0.1) is 0 Å². The van der Waals surface area contributed by atoms with Crippen molar-refractivity contribution in [2.24, 2.45) is 17.3 Å². The lowest BCUT2D eigenvalue weighted by molar-refractivity contribution is -0.139. The SMILES string of the molecule is C[C@@H]1C(=O)C[C@@H](CC(=O)O)C1(C)C. The van der Waals surface area contributed by atoms with Gasteiger partial charge in [0.15, 0.2) is 0 Å². The summed E-state index contributed by atoms with van der Waals surface area (Å²) in [6.07, 6.45) is 0.545. The number of hydrogen-bond donors (Lipinski definition) is 1. The van der Waals surface area contributed by atoms with Gasteiger partial charge >= 0.3 is 5.97 Å². The van der Waals surface area contributed by atoms with Gasteiger partial charge in [-0.3, -0.25) is 9.59 Å². The topological polar surface area (TPSA) is 54.4 Å². The van der Waals surface area contributed by atoms with E-state index in [0.29, 0.717) is 6.42 Å². The van der Waals surface area contributed by atoms with Crippen LogP contribution in [0.2, 0.25) is 0 Å². The van der Waals surface area contributed by atoms with Crippen LogP contribution < -0.4 is 0 Å². The number of carbonyl (C=O) groups excluding carboxylic acids is 1. The van der Waals surface area contributed by atoms with Crippen molar-refractivity contribution < 1.29 is 14.7 Å². The van der Waals surface area contributed by atoms with Gasteiger partial charge in [0.25, 0.3) is 0 Å². The standard InChI is InChI=1S/C10H16O3/c1-6-8(11)4-7(5-9(12)13)10(6,2)3/h6-7H,4-5H2,1-3H3,(H,12,13)/t6-,7+/m1/s1. The first-order valence-corrected chi connectivity index (χ1v) is 4.60. The minimum atomic E-state index is -0.806. The summed E-state index contributed by atoms with van der Waals surface area (Å²) in [5.74, 6) is -0.597. The minimum absolute atomic E-state index is 0.00292. The molecule has 0 heterocycles. The zero-order chi connectivity index (χ0) is 10.2. The fraction of sp³-hybridized carbons (Fsp3) is 0.800. The number of aliphatic carboxylic acids is 1. The quantitative estimate of drug-likeness (QED) is 0.710. The lowest BCUT2D eigenvalue weighted by atomic mass is 9.75. The molecule has 0 bridgehead atoms. The molecule has 1 rings (SSSR count). The molecule has 1 saturated carbocycles. The fourth-order valence-electron chi connectivity index (χ4n) is 2.00.